The van der Waals surface area contributed by atoms with Crippen LogP contribution in [-0.2, 0) is 10.0 Å². The van der Waals surface area contributed by atoms with Crippen LogP contribution in [0.15, 0.2) is 23.1 Å². The van der Waals surface area contributed by atoms with Crippen LogP contribution in [0.3, 0.4) is 0 Å². The summed E-state index contributed by atoms with van der Waals surface area (Å²) in [5.74, 6) is -0.557. The van der Waals surface area contributed by atoms with E-state index >= 15 is 0 Å². The van der Waals surface area contributed by atoms with Crippen LogP contribution in [0, 0.1) is 0 Å². The summed E-state index contributed by atoms with van der Waals surface area (Å²) in [5.41, 5.74) is 0.644. The zero-order valence-corrected chi connectivity index (χ0v) is 10.8. The molecule has 0 radical (unpaired) electrons. The smallest absolute Gasteiger partial charge is 0.266 e. The number of hydrogen-bond donors (Lipinski definition) is 3. The van der Waals surface area contributed by atoms with Crippen molar-refractivity contribution in [2.75, 3.05) is 17.7 Å². The van der Waals surface area contributed by atoms with Gasteiger partial charge in [-0.25, -0.2) is 13.1 Å². The molecule has 0 fully saturated rings. The summed E-state index contributed by atoms with van der Waals surface area (Å²) in [6, 6.07) is 4.30. The standard InChI is InChI=1S/C10H11ClN2O4S/c11-4-7(14)5-12-6-1-2-9-8(3-6)10(15)13-18(9,16)17/h1-3,7,12,14H,4-5H2,(H,13,15). The minimum absolute atomic E-state index is 0.0315. The highest BCUT2D eigenvalue weighted by molar-refractivity contribution is 7.90. The number of anilines is 1. The SMILES string of the molecule is O=C1NS(=O)(=O)c2ccc(NCC(O)CCl)cc21. The minimum Gasteiger partial charge on any atom is -0.390 e. The summed E-state index contributed by atoms with van der Waals surface area (Å²) in [6.07, 6.45) is -0.711. The fraction of sp³-hybridized carbons (Fsp3) is 0.300. The molecule has 1 aromatic rings. The van der Waals surface area contributed by atoms with Gasteiger partial charge in [-0.2, -0.15) is 0 Å². The second kappa shape index (κ2) is 4.75. The van der Waals surface area contributed by atoms with E-state index in [1.54, 1.807) is 0 Å². The number of carbonyl (C=O) groups is 1. The molecule has 1 aliphatic heterocycles. The predicted octanol–water partition coefficient (Wildman–Crippen LogP) is 0.130. The quantitative estimate of drug-likeness (QED) is 0.685. The van der Waals surface area contributed by atoms with Crippen molar-refractivity contribution in [3.63, 3.8) is 0 Å². The number of aliphatic hydroxyl groups excluding tert-OH is 1. The molecule has 0 aromatic heterocycles. The van der Waals surface area contributed by atoms with Crippen molar-refractivity contribution in [1.82, 2.24) is 4.72 Å². The second-order valence-electron chi connectivity index (χ2n) is 3.83. The van der Waals surface area contributed by atoms with Crippen LogP contribution in [0.5, 0.6) is 0 Å². The van der Waals surface area contributed by atoms with E-state index < -0.39 is 22.0 Å². The fourth-order valence-electron chi connectivity index (χ4n) is 1.57. The van der Waals surface area contributed by atoms with E-state index in [4.69, 9.17) is 11.6 Å². The molecule has 98 valence electrons. The highest BCUT2D eigenvalue weighted by Crippen LogP contribution is 2.25. The number of aliphatic hydroxyl groups is 1. The molecular formula is C10H11ClN2O4S. The molecule has 1 aliphatic rings. The van der Waals surface area contributed by atoms with Crippen LogP contribution in [0.2, 0.25) is 0 Å². The number of benzene rings is 1. The maximum absolute atomic E-state index is 11.5. The normalized spacial score (nSPS) is 18.0. The summed E-state index contributed by atoms with van der Waals surface area (Å²) in [4.78, 5) is 11.4. The maximum Gasteiger partial charge on any atom is 0.266 e. The van der Waals surface area contributed by atoms with Gasteiger partial charge in [0.15, 0.2) is 0 Å². The molecule has 0 aliphatic carbocycles. The first-order valence-electron chi connectivity index (χ1n) is 5.13. The lowest BCUT2D eigenvalue weighted by atomic mass is 10.2. The molecule has 18 heavy (non-hydrogen) atoms. The first-order valence-corrected chi connectivity index (χ1v) is 7.15. The number of carbonyl (C=O) groups excluding carboxylic acids is 1. The summed E-state index contributed by atoms with van der Waals surface area (Å²) in [6.45, 7) is 0.219. The molecule has 0 spiro atoms. The van der Waals surface area contributed by atoms with E-state index in [-0.39, 0.29) is 22.9 Å². The van der Waals surface area contributed by atoms with Gasteiger partial charge in [0.05, 0.1) is 17.5 Å². The van der Waals surface area contributed by atoms with E-state index in [0.717, 1.165) is 0 Å². The van der Waals surface area contributed by atoms with Crippen LogP contribution < -0.4 is 10.0 Å². The zero-order valence-electron chi connectivity index (χ0n) is 9.18. The monoisotopic (exact) mass is 290 g/mol. The fourth-order valence-corrected chi connectivity index (χ4v) is 2.84. The molecular weight excluding hydrogens is 280 g/mol. The summed E-state index contributed by atoms with van der Waals surface area (Å²) < 4.78 is 24.9. The third-order valence-electron chi connectivity index (χ3n) is 2.46. The molecule has 1 heterocycles. The lowest BCUT2D eigenvalue weighted by Crippen LogP contribution is -2.21. The lowest BCUT2D eigenvalue weighted by molar-refractivity contribution is 0.0985. The molecule has 6 nitrogen and oxygen atoms in total. The third kappa shape index (κ3) is 2.43. The van der Waals surface area contributed by atoms with Crippen LogP contribution in [0.1, 0.15) is 10.4 Å². The van der Waals surface area contributed by atoms with E-state index in [1.165, 1.54) is 18.2 Å². The molecule has 1 amide bonds. The average Bonchev–Trinajstić information content (AvgIpc) is 2.56. The van der Waals surface area contributed by atoms with Crippen molar-refractivity contribution in [3.8, 4) is 0 Å². The number of rotatable bonds is 4. The number of fused-ring (bicyclic) bond motifs is 1. The molecule has 0 saturated heterocycles. The molecule has 2 rings (SSSR count). The van der Waals surface area contributed by atoms with Crippen molar-refractivity contribution in [3.05, 3.63) is 23.8 Å². The van der Waals surface area contributed by atoms with Gasteiger partial charge in [0.2, 0.25) is 0 Å². The maximum atomic E-state index is 11.5. The van der Waals surface area contributed by atoms with Crippen molar-refractivity contribution in [1.29, 1.82) is 0 Å². The van der Waals surface area contributed by atoms with Gasteiger partial charge in [0.25, 0.3) is 15.9 Å². The van der Waals surface area contributed by atoms with Crippen LogP contribution in [-0.4, -0.2) is 38.0 Å². The Morgan fingerprint density at radius 2 is 2.17 bits per heavy atom. The van der Waals surface area contributed by atoms with Gasteiger partial charge in [-0.05, 0) is 18.2 Å². The van der Waals surface area contributed by atoms with Crippen LogP contribution in [0.4, 0.5) is 5.69 Å². The Bertz CT molecular complexity index is 588. The Labute approximate surface area is 109 Å². The van der Waals surface area contributed by atoms with Crippen molar-refractivity contribution >= 4 is 33.2 Å². The van der Waals surface area contributed by atoms with Gasteiger partial charge in [-0.1, -0.05) is 0 Å². The summed E-state index contributed by atoms with van der Waals surface area (Å²) in [7, 11) is -3.71. The van der Waals surface area contributed by atoms with Crippen molar-refractivity contribution < 1.29 is 18.3 Å². The first kappa shape index (κ1) is 13.1. The summed E-state index contributed by atoms with van der Waals surface area (Å²) in [5, 5.41) is 12.1. The molecule has 1 unspecified atom stereocenters. The first-order chi connectivity index (χ1) is 8.44. The van der Waals surface area contributed by atoms with Gasteiger partial charge in [-0.15, -0.1) is 11.6 Å². The van der Waals surface area contributed by atoms with Gasteiger partial charge < -0.3 is 10.4 Å². The number of sulfonamides is 1. The van der Waals surface area contributed by atoms with E-state index in [0.29, 0.717) is 5.69 Å². The number of alkyl halides is 1. The third-order valence-corrected chi connectivity index (χ3v) is 4.21. The molecule has 0 saturated carbocycles. The zero-order chi connectivity index (χ0) is 13.3. The number of halogens is 1. The largest absolute Gasteiger partial charge is 0.390 e. The number of nitrogens with one attached hydrogen (secondary N) is 2. The molecule has 1 aromatic carbocycles. The molecule has 1 atom stereocenters. The van der Waals surface area contributed by atoms with Gasteiger partial charge in [0, 0.05) is 12.2 Å². The second-order valence-corrected chi connectivity index (χ2v) is 5.79. The minimum atomic E-state index is -3.71. The number of amides is 1. The Balaban J connectivity index is 2.24. The highest BCUT2D eigenvalue weighted by atomic mass is 35.5. The van der Waals surface area contributed by atoms with E-state index in [9.17, 15) is 18.3 Å². The van der Waals surface area contributed by atoms with Crippen molar-refractivity contribution in [2.45, 2.75) is 11.0 Å². The van der Waals surface area contributed by atoms with E-state index in [2.05, 4.69) is 5.32 Å². The lowest BCUT2D eigenvalue weighted by Gasteiger charge is -2.10. The Morgan fingerprint density at radius 3 is 2.83 bits per heavy atom. The van der Waals surface area contributed by atoms with E-state index in [1.807, 2.05) is 4.72 Å². The van der Waals surface area contributed by atoms with Gasteiger partial charge in [0.1, 0.15) is 4.90 Å². The van der Waals surface area contributed by atoms with Crippen molar-refractivity contribution in [2.24, 2.45) is 0 Å². The summed E-state index contributed by atoms with van der Waals surface area (Å²) >= 11 is 5.44. The van der Waals surface area contributed by atoms with Crippen LogP contribution >= 0.6 is 11.6 Å². The van der Waals surface area contributed by atoms with Gasteiger partial charge in [-0.3, -0.25) is 4.79 Å². The molecule has 3 N–H and O–H groups in total. The topological polar surface area (TPSA) is 95.5 Å². The highest BCUT2D eigenvalue weighted by Gasteiger charge is 2.32. The number of hydrogen-bond acceptors (Lipinski definition) is 5. The predicted molar refractivity (Wildman–Crippen MR) is 66.3 cm³/mol. The van der Waals surface area contributed by atoms with Gasteiger partial charge >= 0.3 is 0 Å². The molecule has 0 bridgehead atoms. The van der Waals surface area contributed by atoms with Crippen LogP contribution in [0.25, 0.3) is 0 Å². The Hall–Kier alpha value is -1.31. The average molecular weight is 291 g/mol. The Kier molecular flexibility index (Phi) is 3.47. The molecule has 8 heteroatoms. The Morgan fingerprint density at radius 1 is 1.44 bits per heavy atom.